The number of carbonyl (C=O) groups is 1. The summed E-state index contributed by atoms with van der Waals surface area (Å²) >= 11 is 0. The molecule has 13 heteroatoms. The van der Waals surface area contributed by atoms with Crippen molar-refractivity contribution in [2.24, 2.45) is 4.99 Å². The molecule has 1 aliphatic heterocycles. The van der Waals surface area contributed by atoms with Crippen molar-refractivity contribution in [2.75, 3.05) is 16.8 Å². The van der Waals surface area contributed by atoms with Crippen LogP contribution in [0.5, 0.6) is 5.75 Å². The van der Waals surface area contributed by atoms with Gasteiger partial charge in [-0.3, -0.25) is 4.90 Å². The second-order valence-corrected chi connectivity index (χ2v) is 8.97. The van der Waals surface area contributed by atoms with Gasteiger partial charge in [0.25, 0.3) is 0 Å². The van der Waals surface area contributed by atoms with E-state index in [1.807, 2.05) is 32.0 Å². The third-order valence-corrected chi connectivity index (χ3v) is 6.08. The van der Waals surface area contributed by atoms with E-state index in [1.54, 1.807) is 29.2 Å². The molecule has 1 atom stereocenters. The van der Waals surface area contributed by atoms with Gasteiger partial charge in [-0.25, -0.2) is 14.5 Å². The van der Waals surface area contributed by atoms with Gasteiger partial charge in [0, 0.05) is 11.3 Å². The van der Waals surface area contributed by atoms with Gasteiger partial charge in [0.1, 0.15) is 12.1 Å². The number of carbonyl (C=O) groups excluding carboxylic acids is 1. The van der Waals surface area contributed by atoms with Gasteiger partial charge < -0.3 is 20.5 Å². The van der Waals surface area contributed by atoms with Gasteiger partial charge in [-0.05, 0) is 73.5 Å². The van der Waals surface area contributed by atoms with Crippen molar-refractivity contribution in [1.82, 2.24) is 20.1 Å². The number of anilines is 2. The lowest BCUT2D eigenvalue weighted by atomic mass is 10.1. The zero-order chi connectivity index (χ0) is 28.4. The number of aromatic nitrogens is 3. The molecule has 3 N–H and O–H groups in total. The van der Waals surface area contributed by atoms with E-state index < -0.39 is 18.6 Å². The van der Waals surface area contributed by atoms with Gasteiger partial charge in [-0.15, -0.1) is 18.3 Å². The Labute approximate surface area is 226 Å². The predicted molar refractivity (Wildman–Crippen MR) is 142 cm³/mol. The van der Waals surface area contributed by atoms with Crippen LogP contribution in [0.25, 0.3) is 17.1 Å². The highest BCUT2D eigenvalue weighted by Crippen LogP contribution is 2.28. The molecule has 1 fully saturated rings. The number of hydrogen-bond acceptors (Lipinski definition) is 5. The van der Waals surface area contributed by atoms with E-state index in [0.29, 0.717) is 22.8 Å². The monoisotopic (exact) mass is 551 g/mol. The Balaban J connectivity index is 1.26. The third-order valence-electron chi connectivity index (χ3n) is 6.08. The summed E-state index contributed by atoms with van der Waals surface area (Å²) in [6.45, 7) is 4.07. The van der Waals surface area contributed by atoms with Crippen LogP contribution in [0.2, 0.25) is 0 Å². The van der Waals surface area contributed by atoms with Gasteiger partial charge in [-0.2, -0.15) is 4.99 Å². The van der Waals surface area contributed by atoms with Crippen molar-refractivity contribution in [1.29, 1.82) is 0 Å². The first kappa shape index (κ1) is 26.7. The van der Waals surface area contributed by atoms with Crippen molar-refractivity contribution in [3.63, 3.8) is 0 Å². The fraction of sp³-hybridized carbons (Fsp3) is 0.185. The summed E-state index contributed by atoms with van der Waals surface area (Å²) in [7, 11) is 0. The average Bonchev–Trinajstić information content (AvgIpc) is 3.52. The van der Waals surface area contributed by atoms with Crippen LogP contribution >= 0.6 is 0 Å². The number of nitrogens with one attached hydrogen (secondary N) is 2. The number of para-hydroxylation sites is 1. The highest BCUT2D eigenvalue weighted by Gasteiger charge is 2.32. The molecule has 0 saturated carbocycles. The first-order chi connectivity index (χ1) is 19.1. The number of β-amino-alcohol motifs (C(OH)–C–C–N with tert-alkyl or cyclic N) is 1. The Morgan fingerprint density at radius 2 is 1.75 bits per heavy atom. The molecule has 1 saturated heterocycles. The summed E-state index contributed by atoms with van der Waals surface area (Å²) in [5.41, 5.74) is 4.30. The van der Waals surface area contributed by atoms with E-state index in [2.05, 4.69) is 30.4 Å². The summed E-state index contributed by atoms with van der Waals surface area (Å²) in [6.07, 6.45) is -4.20. The summed E-state index contributed by atoms with van der Waals surface area (Å²) in [5.74, 6) is 0.283. The number of nitrogens with zero attached hydrogens (tertiary/aromatic N) is 5. The maximum Gasteiger partial charge on any atom is 0.573 e. The molecular weight excluding hydrogens is 527 g/mol. The normalized spacial score (nSPS) is 16.2. The second-order valence-electron chi connectivity index (χ2n) is 8.97. The fourth-order valence-corrected chi connectivity index (χ4v) is 4.30. The predicted octanol–water partition coefficient (Wildman–Crippen LogP) is 4.77. The van der Waals surface area contributed by atoms with Crippen molar-refractivity contribution in [3.05, 3.63) is 84.2 Å². The maximum absolute atomic E-state index is 12.7. The lowest BCUT2D eigenvalue weighted by Gasteiger charge is -2.25. The zero-order valence-corrected chi connectivity index (χ0v) is 21.3. The number of alkyl halides is 3. The Bertz CT molecular complexity index is 1530. The first-order valence-corrected chi connectivity index (χ1v) is 12.1. The zero-order valence-electron chi connectivity index (χ0n) is 21.3. The Hall–Kier alpha value is -4.91. The molecule has 3 aromatic carbocycles. The van der Waals surface area contributed by atoms with Crippen LogP contribution in [0.15, 0.2) is 78.0 Å². The number of halogens is 3. The lowest BCUT2D eigenvalue weighted by molar-refractivity contribution is -0.274. The van der Waals surface area contributed by atoms with E-state index >= 15 is 0 Å². The minimum Gasteiger partial charge on any atom is -0.406 e. The lowest BCUT2D eigenvalue weighted by Crippen LogP contribution is -2.37. The number of rotatable bonds is 5. The molecule has 2 amide bonds. The van der Waals surface area contributed by atoms with Crippen molar-refractivity contribution in [2.45, 2.75) is 26.4 Å². The van der Waals surface area contributed by atoms with Crippen molar-refractivity contribution in [3.8, 4) is 22.8 Å². The SMILES string of the molecule is Cc1cccc(C)c1N1/C(=N/C(=O)Nc2ccc(-c3ncn(-c4ccc(OC(F)(F)F)cc4)n3)cc2)NCC1O. The van der Waals surface area contributed by atoms with Gasteiger partial charge in [0.2, 0.25) is 5.96 Å². The number of guanidine groups is 1. The van der Waals surface area contributed by atoms with Crippen LogP contribution in [0.4, 0.5) is 29.3 Å². The van der Waals surface area contributed by atoms with Crippen LogP contribution in [0, 0.1) is 13.8 Å². The van der Waals surface area contributed by atoms with E-state index in [-0.39, 0.29) is 18.3 Å². The maximum atomic E-state index is 12.7. The third kappa shape index (κ3) is 5.89. The second kappa shape index (κ2) is 10.7. The standard InChI is InChI=1S/C27H24F3N7O3/c1-16-4-3-5-17(2)23(16)37-22(38)14-31-25(37)34-26(39)33-19-8-6-18(7-9-19)24-32-15-36(35-24)20-10-12-21(13-11-20)40-27(28,29)30/h3-13,15,22,38H,14H2,1-2H3,(H2,31,33,34,39). The molecule has 206 valence electrons. The number of ether oxygens (including phenoxy) is 1. The molecule has 1 aliphatic rings. The molecule has 0 spiro atoms. The number of urea groups is 1. The van der Waals surface area contributed by atoms with Crippen LogP contribution in [0.1, 0.15) is 11.1 Å². The van der Waals surface area contributed by atoms with Gasteiger partial charge in [-0.1, -0.05) is 18.2 Å². The van der Waals surface area contributed by atoms with Crippen LogP contribution < -0.4 is 20.3 Å². The fourth-order valence-electron chi connectivity index (χ4n) is 4.30. The number of amides is 2. The quantitative estimate of drug-likeness (QED) is 0.327. The average molecular weight is 552 g/mol. The van der Waals surface area contributed by atoms with Gasteiger partial charge >= 0.3 is 12.4 Å². The molecule has 5 rings (SSSR count). The minimum absolute atomic E-state index is 0.222. The Morgan fingerprint density at radius 3 is 2.40 bits per heavy atom. The molecule has 40 heavy (non-hydrogen) atoms. The van der Waals surface area contributed by atoms with Crippen molar-refractivity contribution >= 4 is 23.4 Å². The van der Waals surface area contributed by atoms with E-state index in [0.717, 1.165) is 16.8 Å². The van der Waals surface area contributed by atoms with Gasteiger partial charge in [0.15, 0.2) is 12.1 Å². The molecule has 0 bridgehead atoms. The van der Waals surface area contributed by atoms with Crippen LogP contribution in [0.3, 0.4) is 0 Å². The van der Waals surface area contributed by atoms with Gasteiger partial charge in [0.05, 0.1) is 17.9 Å². The first-order valence-electron chi connectivity index (χ1n) is 12.1. The van der Waals surface area contributed by atoms with Crippen LogP contribution in [-0.2, 0) is 0 Å². The van der Waals surface area contributed by atoms with Crippen molar-refractivity contribution < 1.29 is 27.8 Å². The topological polar surface area (TPSA) is 117 Å². The van der Waals surface area contributed by atoms with E-state index in [1.165, 1.54) is 35.3 Å². The largest absolute Gasteiger partial charge is 0.573 e. The number of aliphatic hydroxyl groups is 1. The number of aryl methyl sites for hydroxylation is 2. The number of aliphatic imine (C=N–C) groups is 1. The number of hydrogen-bond donors (Lipinski definition) is 3. The van der Waals surface area contributed by atoms with Crippen LogP contribution in [-0.4, -0.2) is 51.0 Å². The molecule has 1 unspecified atom stereocenters. The molecule has 1 aromatic heterocycles. The smallest absolute Gasteiger partial charge is 0.406 e. The number of aliphatic hydroxyl groups excluding tert-OH is 1. The Kier molecular flexibility index (Phi) is 7.13. The van der Waals surface area contributed by atoms with E-state index in [4.69, 9.17) is 0 Å². The molecule has 4 aromatic rings. The molecule has 2 heterocycles. The van der Waals surface area contributed by atoms with E-state index in [9.17, 15) is 23.1 Å². The molecule has 10 nitrogen and oxygen atoms in total. The Morgan fingerprint density at radius 1 is 1.07 bits per heavy atom. The summed E-state index contributed by atoms with van der Waals surface area (Å²) in [5, 5.41) is 20.6. The summed E-state index contributed by atoms with van der Waals surface area (Å²) in [6, 6.07) is 17.1. The number of benzene rings is 3. The summed E-state index contributed by atoms with van der Waals surface area (Å²) in [4.78, 5) is 22.7. The molecule has 0 aliphatic carbocycles. The highest BCUT2D eigenvalue weighted by atomic mass is 19.4. The molecule has 0 radical (unpaired) electrons. The molecular formula is C27H24F3N7O3. The minimum atomic E-state index is -4.77. The summed E-state index contributed by atoms with van der Waals surface area (Å²) < 4.78 is 42.4. The highest BCUT2D eigenvalue weighted by molar-refractivity contribution is 6.07.